The predicted molar refractivity (Wildman–Crippen MR) is 82.9 cm³/mol. The molecule has 5 heteroatoms. The molecule has 0 fully saturated rings. The van der Waals surface area contributed by atoms with Crippen LogP contribution in [0, 0.1) is 23.0 Å². The van der Waals surface area contributed by atoms with Crippen LogP contribution in [0.2, 0.25) is 5.02 Å². The first-order valence-corrected chi connectivity index (χ1v) is 6.81. The van der Waals surface area contributed by atoms with Crippen molar-refractivity contribution in [3.63, 3.8) is 0 Å². The number of aromatic nitrogens is 2. The predicted octanol–water partition coefficient (Wildman–Crippen LogP) is 4.52. The van der Waals surface area contributed by atoms with Gasteiger partial charge >= 0.3 is 0 Å². The second-order valence-electron chi connectivity index (χ2n) is 4.51. The fourth-order valence-electron chi connectivity index (χ4n) is 2.27. The monoisotopic (exact) mass is 299 g/mol. The molecule has 1 aromatic heterocycles. The lowest BCUT2D eigenvalue weighted by Gasteiger charge is -2.07. The summed E-state index contributed by atoms with van der Waals surface area (Å²) in [6.45, 7) is 2.03. The van der Waals surface area contributed by atoms with Gasteiger partial charge in [-0.1, -0.05) is 23.7 Å². The molecule has 0 spiro atoms. The zero-order valence-corrected chi connectivity index (χ0v) is 12.2. The number of rotatable bonds is 1. The summed E-state index contributed by atoms with van der Waals surface area (Å²) < 4.78 is 2.47. The van der Waals surface area contributed by atoms with E-state index in [2.05, 4.69) is 11.1 Å². The molecule has 98 valence electrons. The molecule has 0 aliphatic heterocycles. The molecule has 0 amide bonds. The zero-order valence-electron chi connectivity index (χ0n) is 10.6. The number of imidazole rings is 1. The van der Waals surface area contributed by atoms with E-state index in [0.29, 0.717) is 15.4 Å². The maximum atomic E-state index is 8.90. The summed E-state index contributed by atoms with van der Waals surface area (Å²) in [4.78, 5) is 3.20. The van der Waals surface area contributed by atoms with E-state index in [1.807, 2.05) is 35.8 Å². The summed E-state index contributed by atoms with van der Waals surface area (Å²) in [7, 11) is 0. The molecule has 0 atom stereocenters. The van der Waals surface area contributed by atoms with Gasteiger partial charge in [-0.3, -0.25) is 4.57 Å². The largest absolute Gasteiger partial charge is 0.330 e. The number of fused-ring (bicyclic) bond motifs is 1. The van der Waals surface area contributed by atoms with Crippen molar-refractivity contribution in [3.8, 4) is 11.8 Å². The van der Waals surface area contributed by atoms with Crippen LogP contribution in [0.15, 0.2) is 36.4 Å². The molecule has 1 N–H and O–H groups in total. The molecule has 3 aromatic rings. The molecule has 0 aliphatic carbocycles. The maximum absolute atomic E-state index is 8.90. The quantitative estimate of drug-likeness (QED) is 0.671. The Labute approximate surface area is 126 Å². The van der Waals surface area contributed by atoms with Crippen molar-refractivity contribution < 1.29 is 0 Å². The number of nitriles is 1. The van der Waals surface area contributed by atoms with Crippen LogP contribution >= 0.6 is 23.8 Å². The molecule has 3 rings (SSSR count). The molecule has 0 bridgehead atoms. The first kappa shape index (κ1) is 12.9. The number of nitrogens with one attached hydrogen (secondary N) is 1. The van der Waals surface area contributed by atoms with E-state index in [4.69, 9.17) is 29.1 Å². The fraction of sp³-hybridized carbons (Fsp3) is 0.0667. The molecule has 20 heavy (non-hydrogen) atoms. The van der Waals surface area contributed by atoms with Gasteiger partial charge in [0.25, 0.3) is 0 Å². The number of halogens is 1. The van der Waals surface area contributed by atoms with E-state index in [1.165, 1.54) is 0 Å². The van der Waals surface area contributed by atoms with Gasteiger partial charge in [-0.15, -0.1) is 0 Å². The Morgan fingerprint density at radius 3 is 2.80 bits per heavy atom. The third-order valence-corrected chi connectivity index (χ3v) is 3.83. The van der Waals surface area contributed by atoms with Crippen molar-refractivity contribution in [2.24, 2.45) is 0 Å². The van der Waals surface area contributed by atoms with Crippen LogP contribution in [0.5, 0.6) is 0 Å². The fourth-order valence-corrected chi connectivity index (χ4v) is 2.83. The Morgan fingerprint density at radius 2 is 2.10 bits per heavy atom. The van der Waals surface area contributed by atoms with Crippen LogP contribution in [-0.2, 0) is 0 Å². The average molecular weight is 300 g/mol. The van der Waals surface area contributed by atoms with Crippen LogP contribution in [0.1, 0.15) is 11.1 Å². The van der Waals surface area contributed by atoms with Gasteiger partial charge in [-0.05, 0) is 49.0 Å². The molecular weight excluding hydrogens is 290 g/mol. The second kappa shape index (κ2) is 4.78. The molecule has 2 aromatic carbocycles. The van der Waals surface area contributed by atoms with E-state index >= 15 is 0 Å². The van der Waals surface area contributed by atoms with Crippen LogP contribution in [-0.4, -0.2) is 9.55 Å². The minimum absolute atomic E-state index is 0.502. The minimum atomic E-state index is 0.502. The normalized spacial score (nSPS) is 10.7. The minimum Gasteiger partial charge on any atom is -0.330 e. The van der Waals surface area contributed by atoms with Crippen LogP contribution < -0.4 is 0 Å². The molecule has 0 saturated heterocycles. The Morgan fingerprint density at radius 1 is 1.30 bits per heavy atom. The van der Waals surface area contributed by atoms with E-state index < -0.39 is 0 Å². The number of aromatic amines is 1. The van der Waals surface area contributed by atoms with Crippen LogP contribution in [0.4, 0.5) is 0 Å². The van der Waals surface area contributed by atoms with Gasteiger partial charge in [0.1, 0.15) is 0 Å². The Hall–Kier alpha value is -2.09. The number of benzene rings is 2. The summed E-state index contributed by atoms with van der Waals surface area (Å²) in [5, 5.41) is 9.41. The van der Waals surface area contributed by atoms with Crippen LogP contribution in [0.3, 0.4) is 0 Å². The number of aryl methyl sites for hydroxylation is 1. The molecular formula is C15H10ClN3S. The van der Waals surface area contributed by atoms with Gasteiger partial charge < -0.3 is 4.98 Å². The molecule has 3 nitrogen and oxygen atoms in total. The number of H-pyrrole nitrogens is 1. The van der Waals surface area contributed by atoms with Crippen molar-refractivity contribution in [1.82, 2.24) is 9.55 Å². The number of hydrogen-bond donors (Lipinski definition) is 1. The highest BCUT2D eigenvalue weighted by atomic mass is 35.5. The second-order valence-corrected chi connectivity index (χ2v) is 5.31. The van der Waals surface area contributed by atoms with Crippen molar-refractivity contribution in [3.05, 3.63) is 57.3 Å². The molecule has 0 saturated carbocycles. The van der Waals surface area contributed by atoms with E-state index in [9.17, 15) is 0 Å². The third-order valence-electron chi connectivity index (χ3n) is 3.24. The summed E-state index contributed by atoms with van der Waals surface area (Å²) in [5.41, 5.74) is 4.39. The summed E-state index contributed by atoms with van der Waals surface area (Å²) in [5.74, 6) is 0. The van der Waals surface area contributed by atoms with E-state index in [-0.39, 0.29) is 0 Å². The van der Waals surface area contributed by atoms with Gasteiger partial charge in [0, 0.05) is 0 Å². The summed E-state index contributed by atoms with van der Waals surface area (Å²) >= 11 is 11.7. The van der Waals surface area contributed by atoms with E-state index in [1.54, 1.807) is 12.1 Å². The van der Waals surface area contributed by atoms with Gasteiger partial charge in [0.05, 0.1) is 33.4 Å². The molecule has 0 radical (unpaired) electrons. The highest BCUT2D eigenvalue weighted by Gasteiger charge is 2.11. The van der Waals surface area contributed by atoms with E-state index in [0.717, 1.165) is 22.3 Å². The molecule has 0 aliphatic rings. The third kappa shape index (κ3) is 1.92. The smallest absolute Gasteiger partial charge is 0.182 e. The number of para-hydroxylation sites is 1. The SMILES string of the molecule is Cc1cccc2c1[nH]c(=S)n2-c1ccc(C#N)cc1Cl. The highest BCUT2D eigenvalue weighted by molar-refractivity contribution is 7.71. The molecule has 1 heterocycles. The first-order chi connectivity index (χ1) is 9.61. The summed E-state index contributed by atoms with van der Waals surface area (Å²) in [6.07, 6.45) is 0. The lowest BCUT2D eigenvalue weighted by molar-refractivity contribution is 1.06. The van der Waals surface area contributed by atoms with Crippen molar-refractivity contribution >= 4 is 34.9 Å². The lowest BCUT2D eigenvalue weighted by Crippen LogP contribution is -1.95. The van der Waals surface area contributed by atoms with Crippen molar-refractivity contribution in [2.45, 2.75) is 6.92 Å². The lowest BCUT2D eigenvalue weighted by atomic mass is 10.2. The van der Waals surface area contributed by atoms with Crippen molar-refractivity contribution in [1.29, 1.82) is 5.26 Å². The van der Waals surface area contributed by atoms with Gasteiger partial charge in [-0.2, -0.15) is 5.26 Å². The average Bonchev–Trinajstić information content (AvgIpc) is 2.77. The molecule has 0 unspecified atom stereocenters. The topological polar surface area (TPSA) is 44.5 Å². The standard InChI is InChI=1S/C15H10ClN3S/c1-9-3-2-4-13-14(9)18-15(20)19(13)12-6-5-10(8-17)7-11(12)16/h2-7H,1H3,(H,18,20). The Kier molecular flexibility index (Phi) is 3.09. The van der Waals surface area contributed by atoms with Crippen molar-refractivity contribution in [2.75, 3.05) is 0 Å². The number of hydrogen-bond acceptors (Lipinski definition) is 2. The zero-order chi connectivity index (χ0) is 14.3. The Balaban J connectivity index is 2.36. The number of nitrogens with zero attached hydrogens (tertiary/aromatic N) is 2. The van der Waals surface area contributed by atoms with Gasteiger partial charge in [-0.25, -0.2) is 0 Å². The van der Waals surface area contributed by atoms with Gasteiger partial charge in [0.15, 0.2) is 4.77 Å². The Bertz CT molecular complexity index is 915. The van der Waals surface area contributed by atoms with Crippen LogP contribution in [0.25, 0.3) is 16.7 Å². The first-order valence-electron chi connectivity index (χ1n) is 6.02. The highest BCUT2D eigenvalue weighted by Crippen LogP contribution is 2.27. The van der Waals surface area contributed by atoms with Gasteiger partial charge in [0.2, 0.25) is 0 Å². The maximum Gasteiger partial charge on any atom is 0.182 e. The summed E-state index contributed by atoms with van der Waals surface area (Å²) in [6, 6.07) is 13.3.